The molecule has 0 aliphatic carbocycles. The summed E-state index contributed by atoms with van der Waals surface area (Å²) in [5, 5.41) is 5.07. The Morgan fingerprint density at radius 1 is 1.30 bits per heavy atom. The number of carbonyl (C=O) groups excluding carboxylic acids is 2. The number of nitrogens with one attached hydrogen (secondary N) is 2. The third kappa shape index (κ3) is 5.05. The van der Waals surface area contributed by atoms with Crippen molar-refractivity contribution in [2.45, 2.75) is 32.3 Å². The quantitative estimate of drug-likeness (QED) is 0.651. The van der Waals surface area contributed by atoms with Crippen molar-refractivity contribution in [3.63, 3.8) is 0 Å². The topological polar surface area (TPSA) is 103 Å². The summed E-state index contributed by atoms with van der Waals surface area (Å²) in [5.41, 5.74) is 5.83. The molecule has 0 saturated carbocycles. The number of para-hydroxylation sites is 1. The molecule has 1 aliphatic heterocycles. The van der Waals surface area contributed by atoms with E-state index in [-0.39, 0.29) is 24.5 Å². The molecule has 0 aromatic heterocycles. The number of fused-ring (bicyclic) bond motifs is 1. The van der Waals surface area contributed by atoms with Crippen LogP contribution in [0.4, 0.5) is 4.79 Å². The maximum atomic E-state index is 11.5. The smallest absolute Gasteiger partial charge is 0.312 e. The zero-order valence-electron chi connectivity index (χ0n) is 13.5. The van der Waals surface area contributed by atoms with Gasteiger partial charge in [-0.2, -0.15) is 0 Å². The highest BCUT2D eigenvalue weighted by Gasteiger charge is 2.32. The number of ether oxygens (including phenoxy) is 2. The summed E-state index contributed by atoms with van der Waals surface area (Å²) < 4.78 is 11.6. The van der Waals surface area contributed by atoms with Crippen molar-refractivity contribution in [2.75, 3.05) is 19.7 Å². The van der Waals surface area contributed by atoms with Gasteiger partial charge in [-0.1, -0.05) is 12.1 Å². The van der Waals surface area contributed by atoms with E-state index in [1.807, 2.05) is 32.0 Å². The third-order valence-corrected chi connectivity index (χ3v) is 3.39. The minimum atomic E-state index is -0.637. The number of urea groups is 1. The molecule has 7 nitrogen and oxygen atoms in total. The number of amides is 3. The number of hydrogen-bond acceptors (Lipinski definition) is 4. The number of benzene rings is 1. The summed E-state index contributed by atoms with van der Waals surface area (Å²) >= 11 is 0. The van der Waals surface area contributed by atoms with Crippen molar-refractivity contribution in [3.8, 4) is 11.5 Å². The van der Waals surface area contributed by atoms with Gasteiger partial charge in [-0.25, -0.2) is 4.79 Å². The molecule has 0 spiro atoms. The van der Waals surface area contributed by atoms with Crippen molar-refractivity contribution < 1.29 is 19.1 Å². The highest BCUT2D eigenvalue weighted by atomic mass is 16.5. The van der Waals surface area contributed by atoms with Crippen LogP contribution in [-0.2, 0) is 11.2 Å². The van der Waals surface area contributed by atoms with Crippen molar-refractivity contribution in [1.82, 2.24) is 10.6 Å². The van der Waals surface area contributed by atoms with Gasteiger partial charge in [0, 0.05) is 24.9 Å². The van der Waals surface area contributed by atoms with Crippen LogP contribution in [0.25, 0.3) is 0 Å². The zero-order chi connectivity index (χ0) is 16.9. The summed E-state index contributed by atoms with van der Waals surface area (Å²) in [5.74, 6) is 1.31. The highest BCUT2D eigenvalue weighted by Crippen LogP contribution is 2.41. The van der Waals surface area contributed by atoms with E-state index in [2.05, 4.69) is 10.6 Å². The lowest BCUT2D eigenvalue weighted by Crippen LogP contribution is -2.34. The number of hydrogen-bond donors (Lipinski definition) is 3. The van der Waals surface area contributed by atoms with Gasteiger partial charge in [0.2, 0.25) is 5.91 Å². The highest BCUT2D eigenvalue weighted by molar-refractivity contribution is 5.77. The maximum Gasteiger partial charge on any atom is 0.312 e. The fourth-order valence-electron chi connectivity index (χ4n) is 2.44. The van der Waals surface area contributed by atoms with Gasteiger partial charge in [0.25, 0.3) is 0 Å². The molecule has 0 radical (unpaired) electrons. The van der Waals surface area contributed by atoms with Gasteiger partial charge < -0.3 is 25.8 Å². The van der Waals surface area contributed by atoms with Crippen molar-refractivity contribution >= 4 is 11.9 Å². The van der Waals surface area contributed by atoms with Crippen LogP contribution in [0.1, 0.15) is 25.8 Å². The van der Waals surface area contributed by atoms with E-state index in [0.29, 0.717) is 18.9 Å². The normalized spacial score (nSPS) is 14.5. The molecule has 1 aliphatic rings. The van der Waals surface area contributed by atoms with Gasteiger partial charge in [0.05, 0.1) is 6.54 Å². The fourth-order valence-corrected chi connectivity index (χ4v) is 2.44. The molecular weight excluding hydrogens is 298 g/mol. The Morgan fingerprint density at radius 3 is 2.83 bits per heavy atom. The molecule has 0 fully saturated rings. The predicted molar refractivity (Wildman–Crippen MR) is 85.6 cm³/mol. The maximum absolute atomic E-state index is 11.5. The molecule has 126 valence electrons. The number of carbonyl (C=O) groups is 2. The molecule has 1 aromatic carbocycles. The van der Waals surface area contributed by atoms with Crippen LogP contribution in [0, 0.1) is 0 Å². The van der Waals surface area contributed by atoms with E-state index < -0.39 is 6.03 Å². The molecule has 0 bridgehead atoms. The van der Waals surface area contributed by atoms with Crippen molar-refractivity contribution in [2.24, 2.45) is 5.73 Å². The Kier molecular flexibility index (Phi) is 5.31. The van der Waals surface area contributed by atoms with E-state index in [1.54, 1.807) is 0 Å². The second-order valence-electron chi connectivity index (χ2n) is 6.02. The minimum absolute atomic E-state index is 0.168. The fraction of sp³-hybridized carbons (Fsp3) is 0.500. The largest absolute Gasteiger partial charge is 0.488 e. The zero-order valence-corrected chi connectivity index (χ0v) is 13.5. The molecule has 0 unspecified atom stereocenters. The van der Waals surface area contributed by atoms with Gasteiger partial charge in [-0.3, -0.25) is 4.79 Å². The first kappa shape index (κ1) is 16.9. The van der Waals surface area contributed by atoms with E-state index >= 15 is 0 Å². The first-order valence-corrected chi connectivity index (χ1v) is 7.61. The Balaban J connectivity index is 1.73. The van der Waals surface area contributed by atoms with Crippen LogP contribution in [0.3, 0.4) is 0 Å². The molecule has 23 heavy (non-hydrogen) atoms. The van der Waals surface area contributed by atoms with Crippen LogP contribution in [-0.4, -0.2) is 37.2 Å². The van der Waals surface area contributed by atoms with Gasteiger partial charge in [-0.15, -0.1) is 0 Å². The molecular formula is C16H23N3O4. The standard InChI is InChI=1S/C16H23N3O4/c1-16(2)10-11-4-3-5-12(14(11)23-16)22-9-8-18-13(20)6-7-19-15(17)21/h3-5H,6-10H2,1-2H3,(H,18,20)(H3,17,19,21). The Morgan fingerprint density at radius 2 is 2.09 bits per heavy atom. The SMILES string of the molecule is CC1(C)Cc2cccc(OCCNC(=O)CCNC(N)=O)c2O1. The first-order valence-electron chi connectivity index (χ1n) is 7.61. The Hall–Kier alpha value is -2.44. The molecule has 0 saturated heterocycles. The molecule has 2 rings (SSSR count). The lowest BCUT2D eigenvalue weighted by molar-refractivity contribution is -0.121. The van der Waals surface area contributed by atoms with Crippen LogP contribution in [0.5, 0.6) is 11.5 Å². The second kappa shape index (κ2) is 7.21. The number of rotatable bonds is 7. The minimum Gasteiger partial charge on any atom is -0.488 e. The second-order valence-corrected chi connectivity index (χ2v) is 6.02. The van der Waals surface area contributed by atoms with Crippen molar-refractivity contribution in [3.05, 3.63) is 23.8 Å². The summed E-state index contributed by atoms with van der Waals surface area (Å²) in [4.78, 5) is 22.0. The Bertz CT molecular complexity index is 587. The first-order chi connectivity index (χ1) is 10.9. The monoisotopic (exact) mass is 321 g/mol. The van der Waals surface area contributed by atoms with Gasteiger partial charge in [-0.05, 0) is 19.9 Å². The molecule has 7 heteroatoms. The molecule has 3 amide bonds. The molecule has 4 N–H and O–H groups in total. The van der Waals surface area contributed by atoms with Crippen LogP contribution >= 0.6 is 0 Å². The van der Waals surface area contributed by atoms with E-state index in [4.69, 9.17) is 15.2 Å². The Labute approximate surface area is 135 Å². The third-order valence-electron chi connectivity index (χ3n) is 3.39. The van der Waals surface area contributed by atoms with E-state index in [0.717, 1.165) is 17.7 Å². The summed E-state index contributed by atoms with van der Waals surface area (Å²) in [6, 6.07) is 5.19. The van der Waals surface area contributed by atoms with Crippen molar-refractivity contribution in [1.29, 1.82) is 0 Å². The average molecular weight is 321 g/mol. The molecule has 1 aromatic rings. The van der Waals surface area contributed by atoms with Crippen LogP contribution in [0.2, 0.25) is 0 Å². The summed E-state index contributed by atoms with van der Waals surface area (Å²) in [6.07, 6.45) is 1.03. The molecule has 1 heterocycles. The predicted octanol–water partition coefficient (Wildman–Crippen LogP) is 0.953. The van der Waals surface area contributed by atoms with Gasteiger partial charge >= 0.3 is 6.03 Å². The average Bonchev–Trinajstić information content (AvgIpc) is 2.77. The number of primary amides is 1. The summed E-state index contributed by atoms with van der Waals surface area (Å²) in [6.45, 7) is 5.02. The molecule has 0 atom stereocenters. The van der Waals surface area contributed by atoms with E-state index in [1.165, 1.54) is 0 Å². The van der Waals surface area contributed by atoms with E-state index in [9.17, 15) is 9.59 Å². The van der Waals surface area contributed by atoms with Crippen LogP contribution in [0.15, 0.2) is 18.2 Å². The lowest BCUT2D eigenvalue weighted by atomic mass is 10.0. The number of nitrogens with two attached hydrogens (primary N) is 1. The summed E-state index contributed by atoms with van der Waals surface area (Å²) in [7, 11) is 0. The van der Waals surface area contributed by atoms with Gasteiger partial charge in [0.1, 0.15) is 12.2 Å². The van der Waals surface area contributed by atoms with Crippen LogP contribution < -0.4 is 25.8 Å². The van der Waals surface area contributed by atoms with Gasteiger partial charge in [0.15, 0.2) is 11.5 Å². The lowest BCUT2D eigenvalue weighted by Gasteiger charge is -2.18.